The van der Waals surface area contributed by atoms with Gasteiger partial charge in [-0.3, -0.25) is 0 Å². The van der Waals surface area contributed by atoms with Crippen LogP contribution in [0.4, 0.5) is 0 Å². The number of esters is 1. The Bertz CT molecular complexity index is 249. The van der Waals surface area contributed by atoms with E-state index in [2.05, 4.69) is 39.2 Å². The molecular formula is C15H29NO2. The second-order valence-electron chi connectivity index (χ2n) is 5.82. The zero-order valence-corrected chi connectivity index (χ0v) is 12.7. The third kappa shape index (κ3) is 9.23. The van der Waals surface area contributed by atoms with Gasteiger partial charge in [-0.1, -0.05) is 34.3 Å². The van der Waals surface area contributed by atoms with Crippen LogP contribution in [0.5, 0.6) is 0 Å². The average molecular weight is 255 g/mol. The van der Waals surface area contributed by atoms with Gasteiger partial charge in [-0.25, -0.2) is 4.79 Å². The first-order valence-electron chi connectivity index (χ1n) is 6.88. The molecule has 0 aromatic carbocycles. The number of rotatable bonds is 9. The number of hydrogen-bond donors (Lipinski definition) is 0. The Kier molecular flexibility index (Phi) is 8.73. The van der Waals surface area contributed by atoms with E-state index in [1.54, 1.807) is 6.92 Å². The Hall–Kier alpha value is -0.830. The van der Waals surface area contributed by atoms with Gasteiger partial charge in [-0.15, -0.1) is 0 Å². The van der Waals surface area contributed by atoms with Crippen molar-refractivity contribution in [2.45, 2.75) is 41.0 Å². The summed E-state index contributed by atoms with van der Waals surface area (Å²) < 4.78 is 5.10. The molecule has 0 spiro atoms. The zero-order chi connectivity index (χ0) is 14.1. The molecule has 0 rings (SSSR count). The fourth-order valence-corrected chi connectivity index (χ4v) is 1.87. The van der Waals surface area contributed by atoms with E-state index in [1.165, 1.54) is 0 Å². The van der Waals surface area contributed by atoms with Gasteiger partial charge in [0.2, 0.25) is 0 Å². The van der Waals surface area contributed by atoms with Gasteiger partial charge in [0.15, 0.2) is 0 Å². The third-order valence-corrected chi connectivity index (χ3v) is 2.45. The molecule has 0 saturated heterocycles. The highest BCUT2D eigenvalue weighted by Gasteiger charge is 2.09. The SMILES string of the molecule is C=C(C)C(=O)OCCCN(CC(C)C)CC(C)C. The lowest BCUT2D eigenvalue weighted by molar-refractivity contribution is -0.139. The maximum absolute atomic E-state index is 11.2. The predicted octanol–water partition coefficient (Wildman–Crippen LogP) is 3.11. The summed E-state index contributed by atoms with van der Waals surface area (Å²) in [6.45, 7) is 17.8. The van der Waals surface area contributed by atoms with Crippen LogP contribution in [0, 0.1) is 11.8 Å². The van der Waals surface area contributed by atoms with Gasteiger partial charge in [0.05, 0.1) is 6.61 Å². The molecule has 0 aliphatic heterocycles. The highest BCUT2D eigenvalue weighted by molar-refractivity contribution is 5.86. The Morgan fingerprint density at radius 1 is 1.17 bits per heavy atom. The summed E-state index contributed by atoms with van der Waals surface area (Å²) in [5.74, 6) is 1.05. The summed E-state index contributed by atoms with van der Waals surface area (Å²) in [6.07, 6.45) is 0.887. The second kappa shape index (κ2) is 9.15. The lowest BCUT2D eigenvalue weighted by Crippen LogP contribution is -2.32. The Morgan fingerprint density at radius 2 is 1.67 bits per heavy atom. The van der Waals surface area contributed by atoms with Crippen LogP contribution in [-0.2, 0) is 9.53 Å². The molecule has 3 nitrogen and oxygen atoms in total. The minimum absolute atomic E-state index is 0.283. The number of carbonyl (C=O) groups is 1. The predicted molar refractivity (Wildman–Crippen MR) is 76.5 cm³/mol. The van der Waals surface area contributed by atoms with E-state index >= 15 is 0 Å². The van der Waals surface area contributed by atoms with Crippen LogP contribution in [0.2, 0.25) is 0 Å². The molecule has 0 aromatic rings. The van der Waals surface area contributed by atoms with Crippen LogP contribution in [0.1, 0.15) is 41.0 Å². The van der Waals surface area contributed by atoms with E-state index in [9.17, 15) is 4.79 Å². The van der Waals surface area contributed by atoms with Crippen LogP contribution in [0.3, 0.4) is 0 Å². The number of hydrogen-bond acceptors (Lipinski definition) is 3. The van der Waals surface area contributed by atoms with E-state index < -0.39 is 0 Å². The van der Waals surface area contributed by atoms with Gasteiger partial charge >= 0.3 is 5.97 Å². The summed E-state index contributed by atoms with van der Waals surface area (Å²) in [4.78, 5) is 13.7. The summed E-state index contributed by atoms with van der Waals surface area (Å²) in [5, 5.41) is 0. The van der Waals surface area contributed by atoms with Gasteiger partial charge in [0, 0.05) is 25.2 Å². The second-order valence-corrected chi connectivity index (χ2v) is 5.82. The third-order valence-electron chi connectivity index (χ3n) is 2.45. The molecule has 0 amide bonds. The van der Waals surface area contributed by atoms with E-state index in [-0.39, 0.29) is 5.97 Å². The molecule has 0 saturated carbocycles. The first kappa shape index (κ1) is 17.2. The lowest BCUT2D eigenvalue weighted by atomic mass is 10.1. The highest BCUT2D eigenvalue weighted by Crippen LogP contribution is 2.05. The van der Waals surface area contributed by atoms with Gasteiger partial charge < -0.3 is 9.64 Å². The summed E-state index contributed by atoms with van der Waals surface area (Å²) in [7, 11) is 0. The molecule has 0 bridgehead atoms. The van der Waals surface area contributed by atoms with Crippen molar-refractivity contribution in [1.82, 2.24) is 4.90 Å². The zero-order valence-electron chi connectivity index (χ0n) is 12.7. The molecule has 0 radical (unpaired) electrons. The number of carbonyl (C=O) groups excluding carboxylic acids is 1. The maximum atomic E-state index is 11.2. The topological polar surface area (TPSA) is 29.5 Å². The van der Waals surface area contributed by atoms with Gasteiger partial charge in [-0.05, 0) is 25.2 Å². The number of nitrogens with zero attached hydrogens (tertiary/aromatic N) is 1. The normalized spacial score (nSPS) is 11.3. The molecule has 0 atom stereocenters. The average Bonchev–Trinajstić information content (AvgIpc) is 2.21. The molecular weight excluding hydrogens is 226 g/mol. The molecule has 0 fully saturated rings. The monoisotopic (exact) mass is 255 g/mol. The molecule has 0 N–H and O–H groups in total. The minimum atomic E-state index is -0.283. The van der Waals surface area contributed by atoms with Crippen molar-refractivity contribution in [2.24, 2.45) is 11.8 Å². The van der Waals surface area contributed by atoms with Crippen molar-refractivity contribution in [3.05, 3.63) is 12.2 Å². The fraction of sp³-hybridized carbons (Fsp3) is 0.800. The van der Waals surface area contributed by atoms with Gasteiger partial charge in [-0.2, -0.15) is 0 Å². The van der Waals surface area contributed by atoms with E-state index in [4.69, 9.17) is 4.74 Å². The van der Waals surface area contributed by atoms with Crippen LogP contribution in [0.15, 0.2) is 12.2 Å². The first-order chi connectivity index (χ1) is 8.32. The minimum Gasteiger partial charge on any atom is -0.462 e. The van der Waals surface area contributed by atoms with E-state index in [0.29, 0.717) is 24.0 Å². The Balaban J connectivity index is 3.88. The standard InChI is InChI=1S/C15H29NO2/c1-12(2)10-16(11-13(3)4)8-7-9-18-15(17)14(5)6/h12-13H,5,7-11H2,1-4,6H3. The smallest absolute Gasteiger partial charge is 0.333 e. The van der Waals surface area contributed by atoms with Crippen LogP contribution in [0.25, 0.3) is 0 Å². The van der Waals surface area contributed by atoms with Crippen molar-refractivity contribution < 1.29 is 9.53 Å². The van der Waals surface area contributed by atoms with Crippen LogP contribution >= 0.6 is 0 Å². The molecule has 0 unspecified atom stereocenters. The molecule has 0 aliphatic rings. The van der Waals surface area contributed by atoms with Crippen LogP contribution in [-0.4, -0.2) is 37.1 Å². The molecule has 0 aromatic heterocycles. The summed E-state index contributed by atoms with van der Waals surface area (Å²) in [5.41, 5.74) is 0.469. The molecule has 106 valence electrons. The lowest BCUT2D eigenvalue weighted by Gasteiger charge is -2.25. The van der Waals surface area contributed by atoms with Gasteiger partial charge in [0.1, 0.15) is 0 Å². The largest absolute Gasteiger partial charge is 0.462 e. The Labute approximate surface area is 112 Å². The van der Waals surface area contributed by atoms with E-state index in [0.717, 1.165) is 26.1 Å². The summed E-state index contributed by atoms with van der Waals surface area (Å²) >= 11 is 0. The van der Waals surface area contributed by atoms with Crippen molar-refractivity contribution in [3.8, 4) is 0 Å². The number of ether oxygens (including phenoxy) is 1. The van der Waals surface area contributed by atoms with Crippen molar-refractivity contribution >= 4 is 5.97 Å². The molecule has 18 heavy (non-hydrogen) atoms. The molecule has 3 heteroatoms. The maximum Gasteiger partial charge on any atom is 0.333 e. The fourth-order valence-electron chi connectivity index (χ4n) is 1.87. The Morgan fingerprint density at radius 3 is 2.06 bits per heavy atom. The van der Waals surface area contributed by atoms with E-state index in [1.807, 2.05) is 0 Å². The van der Waals surface area contributed by atoms with Crippen LogP contribution < -0.4 is 0 Å². The molecule has 0 heterocycles. The van der Waals surface area contributed by atoms with Crippen molar-refractivity contribution in [1.29, 1.82) is 0 Å². The first-order valence-corrected chi connectivity index (χ1v) is 6.88. The summed E-state index contributed by atoms with van der Waals surface area (Å²) in [6, 6.07) is 0. The van der Waals surface area contributed by atoms with Gasteiger partial charge in [0.25, 0.3) is 0 Å². The molecule has 0 aliphatic carbocycles. The van der Waals surface area contributed by atoms with Crippen molar-refractivity contribution in [2.75, 3.05) is 26.2 Å². The highest BCUT2D eigenvalue weighted by atomic mass is 16.5. The quantitative estimate of drug-likeness (QED) is 0.360. The van der Waals surface area contributed by atoms with Crippen molar-refractivity contribution in [3.63, 3.8) is 0 Å².